The molecule has 0 atom stereocenters. The van der Waals surface area contributed by atoms with Gasteiger partial charge in [-0.15, -0.1) is 5.10 Å². The molecule has 2 aliphatic rings. The molecular formula is C18H19N5O2S. The van der Waals surface area contributed by atoms with Gasteiger partial charge < -0.3 is 10.6 Å². The first-order chi connectivity index (χ1) is 12.6. The van der Waals surface area contributed by atoms with Gasteiger partial charge in [0.1, 0.15) is 5.82 Å². The van der Waals surface area contributed by atoms with Gasteiger partial charge >= 0.3 is 0 Å². The second-order valence-corrected chi connectivity index (χ2v) is 7.34. The summed E-state index contributed by atoms with van der Waals surface area (Å²) >= 11 is 1.39. The summed E-state index contributed by atoms with van der Waals surface area (Å²) < 4.78 is 1.54. The first-order valence-electron chi connectivity index (χ1n) is 8.68. The van der Waals surface area contributed by atoms with Crippen LogP contribution in [0, 0.1) is 0 Å². The molecule has 1 aliphatic carbocycles. The number of fused-ring (bicyclic) bond motifs is 1. The number of nitrogen functional groups attached to an aromatic ring is 1. The van der Waals surface area contributed by atoms with Crippen molar-refractivity contribution >= 4 is 39.1 Å². The van der Waals surface area contributed by atoms with Crippen LogP contribution in [0.25, 0.3) is 11.0 Å². The Balaban J connectivity index is 1.75. The van der Waals surface area contributed by atoms with Gasteiger partial charge in [0.15, 0.2) is 5.78 Å². The molecule has 0 bridgehead atoms. The van der Waals surface area contributed by atoms with E-state index in [1.807, 2.05) is 0 Å². The van der Waals surface area contributed by atoms with E-state index in [9.17, 15) is 9.59 Å². The topological polar surface area (TPSA) is 93.6 Å². The Kier molecular flexibility index (Phi) is 4.42. The SMILES string of the molecule is Nc1c(C=C2C=CC(=O)C=C2)c(=O)nc2sc(N3CCCCCC3)nn12. The van der Waals surface area contributed by atoms with E-state index in [1.54, 1.807) is 22.7 Å². The predicted octanol–water partition coefficient (Wildman–Crippen LogP) is 2.19. The Morgan fingerprint density at radius 3 is 2.42 bits per heavy atom. The molecule has 0 unspecified atom stereocenters. The smallest absolute Gasteiger partial charge is 0.283 e. The number of ketones is 1. The minimum atomic E-state index is -0.389. The van der Waals surface area contributed by atoms with E-state index in [2.05, 4.69) is 15.0 Å². The number of hydrogen-bond acceptors (Lipinski definition) is 7. The molecule has 2 aromatic heterocycles. The molecule has 4 rings (SSSR count). The Bertz CT molecular complexity index is 988. The van der Waals surface area contributed by atoms with Crippen LogP contribution >= 0.6 is 11.3 Å². The number of nitrogens with zero attached hydrogens (tertiary/aromatic N) is 4. The first-order valence-corrected chi connectivity index (χ1v) is 9.49. The second-order valence-electron chi connectivity index (χ2n) is 6.41. The van der Waals surface area contributed by atoms with Gasteiger partial charge in [-0.3, -0.25) is 9.59 Å². The summed E-state index contributed by atoms with van der Waals surface area (Å²) in [6.45, 7) is 1.93. The van der Waals surface area contributed by atoms with Gasteiger partial charge in [0.2, 0.25) is 10.1 Å². The van der Waals surface area contributed by atoms with Crippen LogP contribution in [0.15, 0.2) is 34.7 Å². The standard InChI is InChI=1S/C18H19N5O2S/c19-15-14(11-12-5-7-13(24)8-6-12)16(25)20-17-23(15)21-18(26-17)22-9-3-1-2-4-10-22/h5-8,11H,1-4,9-10,19H2. The second kappa shape index (κ2) is 6.87. The minimum Gasteiger partial charge on any atom is -0.383 e. The lowest BCUT2D eigenvalue weighted by molar-refractivity contribution is -0.110. The van der Waals surface area contributed by atoms with Crippen molar-refractivity contribution in [3.8, 4) is 0 Å². The van der Waals surface area contributed by atoms with Crippen LogP contribution in [0.3, 0.4) is 0 Å². The summed E-state index contributed by atoms with van der Waals surface area (Å²) in [6, 6.07) is 0. The summed E-state index contributed by atoms with van der Waals surface area (Å²) in [4.78, 5) is 30.6. The molecule has 1 aliphatic heterocycles. The lowest BCUT2D eigenvalue weighted by Gasteiger charge is -2.17. The van der Waals surface area contributed by atoms with Crippen molar-refractivity contribution in [2.45, 2.75) is 25.7 Å². The van der Waals surface area contributed by atoms with Crippen LogP contribution in [0.4, 0.5) is 10.9 Å². The molecule has 8 heteroatoms. The lowest BCUT2D eigenvalue weighted by Crippen LogP contribution is -2.24. The Morgan fingerprint density at radius 2 is 1.73 bits per heavy atom. The highest BCUT2D eigenvalue weighted by Gasteiger charge is 2.18. The maximum Gasteiger partial charge on any atom is 0.283 e. The van der Waals surface area contributed by atoms with E-state index in [-0.39, 0.29) is 22.7 Å². The molecule has 2 aromatic rings. The zero-order chi connectivity index (χ0) is 18.1. The number of rotatable bonds is 2. The highest BCUT2D eigenvalue weighted by Crippen LogP contribution is 2.26. The summed E-state index contributed by atoms with van der Waals surface area (Å²) in [5.74, 6) is 0.186. The van der Waals surface area contributed by atoms with Crippen molar-refractivity contribution in [2.75, 3.05) is 23.7 Å². The van der Waals surface area contributed by atoms with Crippen LogP contribution < -0.4 is 16.2 Å². The van der Waals surface area contributed by atoms with Crippen molar-refractivity contribution in [2.24, 2.45) is 0 Å². The molecule has 0 spiro atoms. The number of allylic oxidation sites excluding steroid dienone is 5. The van der Waals surface area contributed by atoms with Gasteiger partial charge in [-0.1, -0.05) is 36.3 Å². The Hall–Kier alpha value is -2.74. The molecule has 3 heterocycles. The van der Waals surface area contributed by atoms with E-state index >= 15 is 0 Å². The van der Waals surface area contributed by atoms with Gasteiger partial charge in [0.25, 0.3) is 5.56 Å². The molecule has 7 nitrogen and oxygen atoms in total. The third-order valence-electron chi connectivity index (χ3n) is 4.55. The molecule has 134 valence electrons. The summed E-state index contributed by atoms with van der Waals surface area (Å²) in [7, 11) is 0. The average molecular weight is 369 g/mol. The van der Waals surface area contributed by atoms with E-state index in [4.69, 9.17) is 5.73 Å². The van der Waals surface area contributed by atoms with Crippen molar-refractivity contribution in [1.29, 1.82) is 0 Å². The van der Waals surface area contributed by atoms with Crippen molar-refractivity contribution in [3.05, 3.63) is 45.8 Å². The van der Waals surface area contributed by atoms with Gasteiger partial charge in [0, 0.05) is 13.1 Å². The lowest BCUT2D eigenvalue weighted by atomic mass is 10.1. The monoisotopic (exact) mass is 369 g/mol. The molecular weight excluding hydrogens is 350 g/mol. The van der Waals surface area contributed by atoms with Crippen molar-refractivity contribution in [1.82, 2.24) is 14.6 Å². The molecule has 0 saturated carbocycles. The van der Waals surface area contributed by atoms with E-state index in [0.29, 0.717) is 4.96 Å². The highest BCUT2D eigenvalue weighted by atomic mass is 32.1. The number of anilines is 2. The van der Waals surface area contributed by atoms with Crippen LogP contribution in [0.1, 0.15) is 31.2 Å². The fourth-order valence-electron chi connectivity index (χ4n) is 3.13. The van der Waals surface area contributed by atoms with E-state index in [1.165, 1.54) is 36.3 Å². The van der Waals surface area contributed by atoms with Gasteiger partial charge in [-0.2, -0.15) is 9.50 Å². The first kappa shape index (κ1) is 16.7. The maximum absolute atomic E-state index is 12.4. The van der Waals surface area contributed by atoms with Gasteiger partial charge in [-0.05, 0) is 36.6 Å². The van der Waals surface area contributed by atoms with E-state index < -0.39 is 0 Å². The molecule has 1 fully saturated rings. The fourth-order valence-corrected chi connectivity index (χ4v) is 4.08. The molecule has 2 N–H and O–H groups in total. The maximum atomic E-state index is 12.4. The summed E-state index contributed by atoms with van der Waals surface area (Å²) in [5.41, 5.74) is 6.84. The zero-order valence-electron chi connectivity index (χ0n) is 14.2. The summed E-state index contributed by atoms with van der Waals surface area (Å²) in [5, 5.41) is 5.45. The highest BCUT2D eigenvalue weighted by molar-refractivity contribution is 7.20. The van der Waals surface area contributed by atoms with E-state index in [0.717, 1.165) is 36.6 Å². The molecule has 1 saturated heterocycles. The molecule has 0 radical (unpaired) electrons. The number of nitrogens with two attached hydrogens (primary N) is 1. The van der Waals surface area contributed by atoms with Crippen LogP contribution in [-0.2, 0) is 4.79 Å². The number of hydrogen-bond donors (Lipinski definition) is 1. The molecule has 0 amide bonds. The third-order valence-corrected chi connectivity index (χ3v) is 5.52. The van der Waals surface area contributed by atoms with Crippen molar-refractivity contribution < 1.29 is 4.79 Å². The quantitative estimate of drug-likeness (QED) is 0.872. The minimum absolute atomic E-state index is 0.0815. The average Bonchev–Trinajstić information content (AvgIpc) is 2.87. The predicted molar refractivity (Wildman–Crippen MR) is 103 cm³/mol. The zero-order valence-corrected chi connectivity index (χ0v) is 15.0. The molecule has 26 heavy (non-hydrogen) atoms. The van der Waals surface area contributed by atoms with Crippen molar-refractivity contribution in [3.63, 3.8) is 0 Å². The van der Waals surface area contributed by atoms with Crippen LogP contribution in [0.5, 0.6) is 0 Å². The fraction of sp³-hybridized carbons (Fsp3) is 0.333. The van der Waals surface area contributed by atoms with Crippen LogP contribution in [-0.4, -0.2) is 33.5 Å². The van der Waals surface area contributed by atoms with Gasteiger partial charge in [-0.25, -0.2) is 0 Å². The Morgan fingerprint density at radius 1 is 1.04 bits per heavy atom. The largest absolute Gasteiger partial charge is 0.383 e. The Labute approximate surface area is 154 Å². The van der Waals surface area contributed by atoms with Crippen LogP contribution in [0.2, 0.25) is 0 Å². The molecule has 0 aromatic carbocycles. The van der Waals surface area contributed by atoms with Gasteiger partial charge in [0.05, 0.1) is 5.56 Å². The number of aromatic nitrogens is 3. The normalized spacial score (nSPS) is 17.8. The number of carbonyl (C=O) groups excluding carboxylic acids is 1. The number of carbonyl (C=O) groups is 1. The third kappa shape index (κ3) is 3.20. The summed E-state index contributed by atoms with van der Waals surface area (Å²) in [6.07, 6.45) is 12.6.